The summed E-state index contributed by atoms with van der Waals surface area (Å²) in [5.74, 6) is -0.291. The number of rotatable bonds is 4. The molecule has 0 atom stereocenters. The molecule has 0 spiro atoms. The van der Waals surface area contributed by atoms with Crippen molar-refractivity contribution in [3.05, 3.63) is 31.3 Å². The lowest BCUT2D eigenvalue weighted by atomic mass is 10.2. The Bertz CT molecular complexity index is 890. The second kappa shape index (κ2) is 5.95. The molecule has 0 N–H and O–H groups in total. The molecule has 0 aliphatic heterocycles. The maximum atomic E-state index is 12.5. The van der Waals surface area contributed by atoms with E-state index >= 15 is 0 Å². The molecule has 0 fully saturated rings. The molecule has 0 aliphatic rings. The number of hydrogen-bond donors (Lipinski definition) is 0. The van der Waals surface area contributed by atoms with E-state index in [9.17, 15) is 27.6 Å². The summed E-state index contributed by atoms with van der Waals surface area (Å²) < 4.78 is 39.4. The summed E-state index contributed by atoms with van der Waals surface area (Å²) in [6.07, 6.45) is -5.61. The zero-order valence-electron chi connectivity index (χ0n) is 12.8. The second-order valence-corrected chi connectivity index (χ2v) is 6.14. The number of aryl methyl sites for hydroxylation is 2. The largest absolute Gasteiger partial charge is 0.390 e. The molecule has 5 nitrogen and oxygen atoms in total. The van der Waals surface area contributed by atoms with Crippen LogP contribution in [-0.4, -0.2) is 21.1 Å². The number of nitrogens with zero attached hydrogens (tertiary/aromatic N) is 2. The normalized spacial score (nSPS) is 12.1. The summed E-state index contributed by atoms with van der Waals surface area (Å²) in [7, 11) is 0. The van der Waals surface area contributed by atoms with Gasteiger partial charge in [-0.25, -0.2) is 4.79 Å². The Morgan fingerprint density at radius 1 is 1.22 bits per heavy atom. The van der Waals surface area contributed by atoms with Crippen molar-refractivity contribution in [1.82, 2.24) is 9.13 Å². The van der Waals surface area contributed by atoms with Gasteiger partial charge in [0.15, 0.2) is 5.78 Å². The average molecular weight is 348 g/mol. The second-order valence-electron chi connectivity index (χ2n) is 5.14. The highest BCUT2D eigenvalue weighted by molar-refractivity contribution is 7.20. The van der Waals surface area contributed by atoms with E-state index < -0.39 is 30.4 Å². The Hall–Kier alpha value is -1.90. The molecule has 23 heavy (non-hydrogen) atoms. The van der Waals surface area contributed by atoms with Crippen LogP contribution in [0, 0.1) is 6.92 Å². The van der Waals surface area contributed by atoms with Crippen LogP contribution in [0.15, 0.2) is 9.59 Å². The van der Waals surface area contributed by atoms with Gasteiger partial charge in [-0.3, -0.25) is 18.7 Å². The predicted molar refractivity (Wildman–Crippen MR) is 81.4 cm³/mol. The lowest BCUT2D eigenvalue weighted by Gasteiger charge is -2.12. The Morgan fingerprint density at radius 2 is 1.83 bits per heavy atom. The lowest BCUT2D eigenvalue weighted by molar-refractivity contribution is -0.136. The van der Waals surface area contributed by atoms with Gasteiger partial charge in [-0.1, -0.05) is 0 Å². The Balaban J connectivity index is 2.84. The first-order valence-corrected chi connectivity index (χ1v) is 7.74. The summed E-state index contributed by atoms with van der Waals surface area (Å²) in [4.78, 5) is 36.8. The molecule has 2 heterocycles. The molecule has 0 aliphatic carbocycles. The Kier molecular flexibility index (Phi) is 4.52. The van der Waals surface area contributed by atoms with Gasteiger partial charge in [-0.15, -0.1) is 11.3 Å². The average Bonchev–Trinajstić information content (AvgIpc) is 2.76. The van der Waals surface area contributed by atoms with Gasteiger partial charge in [-0.2, -0.15) is 13.2 Å². The fraction of sp³-hybridized carbons (Fsp3) is 0.500. The van der Waals surface area contributed by atoms with E-state index in [1.165, 1.54) is 6.92 Å². The first kappa shape index (κ1) is 17.5. The topological polar surface area (TPSA) is 61.1 Å². The zero-order chi connectivity index (χ0) is 17.5. The van der Waals surface area contributed by atoms with E-state index in [0.29, 0.717) is 5.56 Å². The fourth-order valence-electron chi connectivity index (χ4n) is 2.45. The van der Waals surface area contributed by atoms with Gasteiger partial charge in [0.1, 0.15) is 4.83 Å². The minimum atomic E-state index is -4.42. The number of halogens is 3. The van der Waals surface area contributed by atoms with Gasteiger partial charge in [0.2, 0.25) is 0 Å². The summed E-state index contributed by atoms with van der Waals surface area (Å²) in [6, 6.07) is 0. The van der Waals surface area contributed by atoms with Crippen LogP contribution < -0.4 is 11.2 Å². The smallest absolute Gasteiger partial charge is 0.294 e. The Morgan fingerprint density at radius 3 is 2.30 bits per heavy atom. The van der Waals surface area contributed by atoms with Crippen molar-refractivity contribution in [2.45, 2.75) is 46.5 Å². The molecule has 0 aromatic carbocycles. The number of carbonyl (C=O) groups is 1. The SMILES string of the molecule is CCn1c(=O)c2c(C)c(C(C)=O)sc2n(CCC(F)(F)F)c1=O. The molecule has 2 rings (SSSR count). The molecular formula is C14H15F3N2O3S. The molecule has 0 saturated carbocycles. The van der Waals surface area contributed by atoms with E-state index in [1.807, 2.05) is 0 Å². The molecule has 2 aromatic rings. The molecule has 9 heteroatoms. The molecule has 0 radical (unpaired) electrons. The Labute approximate surface area is 133 Å². The van der Waals surface area contributed by atoms with Crippen LogP contribution in [0.5, 0.6) is 0 Å². The number of Topliss-reactive ketones (excluding diaryl/α,β-unsaturated/α-hetero) is 1. The van der Waals surface area contributed by atoms with Crippen molar-refractivity contribution in [3.8, 4) is 0 Å². The van der Waals surface area contributed by atoms with Crippen LogP contribution in [0.2, 0.25) is 0 Å². The first-order valence-electron chi connectivity index (χ1n) is 6.93. The van der Waals surface area contributed by atoms with Crippen molar-refractivity contribution in [3.63, 3.8) is 0 Å². The molecule has 2 aromatic heterocycles. The van der Waals surface area contributed by atoms with Gasteiger partial charge >= 0.3 is 11.9 Å². The molecular weight excluding hydrogens is 333 g/mol. The monoisotopic (exact) mass is 348 g/mol. The summed E-state index contributed by atoms with van der Waals surface area (Å²) >= 11 is 0.889. The number of ketones is 1. The number of thiophene rings is 1. The van der Waals surface area contributed by atoms with E-state index in [1.54, 1.807) is 13.8 Å². The number of carbonyl (C=O) groups excluding carboxylic acids is 1. The highest BCUT2D eigenvalue weighted by atomic mass is 32.1. The zero-order valence-corrected chi connectivity index (χ0v) is 13.6. The van der Waals surface area contributed by atoms with Crippen LogP contribution in [0.1, 0.15) is 35.5 Å². The summed E-state index contributed by atoms with van der Waals surface area (Å²) in [5.41, 5.74) is -0.951. The van der Waals surface area contributed by atoms with Gasteiger partial charge < -0.3 is 0 Å². The van der Waals surface area contributed by atoms with E-state index in [4.69, 9.17) is 0 Å². The van der Waals surface area contributed by atoms with Crippen LogP contribution in [0.4, 0.5) is 13.2 Å². The fourth-order valence-corrected chi connectivity index (χ4v) is 3.66. The molecule has 0 bridgehead atoms. The van der Waals surface area contributed by atoms with E-state index in [2.05, 4.69) is 0 Å². The third-order valence-electron chi connectivity index (χ3n) is 3.55. The molecule has 0 unspecified atom stereocenters. The van der Waals surface area contributed by atoms with Crippen LogP contribution in [0.3, 0.4) is 0 Å². The van der Waals surface area contributed by atoms with Crippen LogP contribution >= 0.6 is 11.3 Å². The van der Waals surface area contributed by atoms with Crippen LogP contribution in [0.25, 0.3) is 10.2 Å². The van der Waals surface area contributed by atoms with E-state index in [0.717, 1.165) is 20.5 Å². The highest BCUT2D eigenvalue weighted by Gasteiger charge is 2.28. The summed E-state index contributed by atoms with van der Waals surface area (Å²) in [6.45, 7) is 3.90. The minimum absolute atomic E-state index is 0.0459. The summed E-state index contributed by atoms with van der Waals surface area (Å²) in [5, 5.41) is 0.142. The number of aromatic nitrogens is 2. The van der Waals surface area contributed by atoms with Crippen molar-refractivity contribution in [2.24, 2.45) is 0 Å². The maximum Gasteiger partial charge on any atom is 0.390 e. The predicted octanol–water partition coefficient (Wildman–Crippen LogP) is 2.71. The van der Waals surface area contributed by atoms with Crippen molar-refractivity contribution < 1.29 is 18.0 Å². The van der Waals surface area contributed by atoms with Crippen LogP contribution in [-0.2, 0) is 13.1 Å². The number of fused-ring (bicyclic) bond motifs is 1. The third kappa shape index (κ3) is 3.10. The standard InChI is InChI=1S/C14H15F3N2O3S/c1-4-18-11(21)9-7(2)10(8(3)20)23-12(9)19(13(18)22)6-5-14(15,16)17/h4-6H2,1-3H3. The van der Waals surface area contributed by atoms with Crippen molar-refractivity contribution >= 4 is 27.3 Å². The minimum Gasteiger partial charge on any atom is -0.294 e. The van der Waals surface area contributed by atoms with Gasteiger partial charge in [0.25, 0.3) is 5.56 Å². The maximum absolute atomic E-state index is 12.5. The van der Waals surface area contributed by atoms with Gasteiger partial charge in [0.05, 0.1) is 16.7 Å². The van der Waals surface area contributed by atoms with Gasteiger partial charge in [-0.05, 0) is 26.3 Å². The third-order valence-corrected chi connectivity index (χ3v) is 4.96. The van der Waals surface area contributed by atoms with E-state index in [-0.39, 0.29) is 27.4 Å². The number of hydrogen-bond acceptors (Lipinski definition) is 4. The first-order chi connectivity index (χ1) is 10.6. The van der Waals surface area contributed by atoms with Crippen molar-refractivity contribution in [2.75, 3.05) is 0 Å². The molecule has 0 amide bonds. The lowest BCUT2D eigenvalue weighted by Crippen LogP contribution is -2.39. The number of alkyl halides is 3. The molecule has 0 saturated heterocycles. The quantitative estimate of drug-likeness (QED) is 0.798. The molecule has 126 valence electrons. The highest BCUT2D eigenvalue weighted by Crippen LogP contribution is 2.29. The van der Waals surface area contributed by atoms with Crippen molar-refractivity contribution in [1.29, 1.82) is 0 Å². The van der Waals surface area contributed by atoms with Gasteiger partial charge in [0, 0.05) is 13.1 Å².